The largest absolute Gasteiger partial charge is 0.395 e. The molecule has 1 atom stereocenters. The molecular formula is C16H24N2O2. The Hall–Kier alpha value is -1.39. The molecule has 1 aromatic rings. The zero-order valence-corrected chi connectivity index (χ0v) is 12.5. The average molecular weight is 276 g/mol. The van der Waals surface area contributed by atoms with Crippen molar-refractivity contribution in [1.29, 1.82) is 0 Å². The third-order valence-electron chi connectivity index (χ3n) is 4.26. The zero-order chi connectivity index (χ0) is 14.8. The number of nitrogens with one attached hydrogen (secondary N) is 1. The molecule has 2 rings (SSSR count). The number of carbonyl (C=O) groups is 1. The quantitative estimate of drug-likeness (QED) is 0.827. The van der Waals surface area contributed by atoms with Gasteiger partial charge < -0.3 is 15.3 Å². The van der Waals surface area contributed by atoms with Crippen molar-refractivity contribution in [3.05, 3.63) is 35.4 Å². The van der Waals surface area contributed by atoms with E-state index in [9.17, 15) is 9.90 Å². The molecule has 2 N–H and O–H groups in total. The number of aliphatic hydroxyl groups excluding tert-OH is 1. The summed E-state index contributed by atoms with van der Waals surface area (Å²) in [5.41, 5.74) is 1.96. The van der Waals surface area contributed by atoms with E-state index in [2.05, 4.69) is 29.3 Å². The number of likely N-dealkylation sites (N-methyl/N-ethyl adjacent to an activating group) is 1. The Bertz CT molecular complexity index is 481. The van der Waals surface area contributed by atoms with Gasteiger partial charge in [-0.05, 0) is 45.0 Å². The van der Waals surface area contributed by atoms with Crippen LogP contribution in [0.15, 0.2) is 24.3 Å². The number of nitrogens with zero attached hydrogens (tertiary/aromatic N) is 1. The van der Waals surface area contributed by atoms with Crippen LogP contribution in [0.2, 0.25) is 0 Å². The number of rotatable bonds is 6. The van der Waals surface area contributed by atoms with E-state index < -0.39 is 5.41 Å². The highest BCUT2D eigenvalue weighted by Gasteiger charge is 2.49. The first-order valence-corrected chi connectivity index (χ1v) is 7.11. The van der Waals surface area contributed by atoms with Crippen LogP contribution in [-0.2, 0) is 4.79 Å². The molecule has 0 unspecified atom stereocenters. The first-order valence-electron chi connectivity index (χ1n) is 7.11. The molecular weight excluding hydrogens is 252 g/mol. The highest BCUT2D eigenvalue weighted by Crippen LogP contribution is 2.45. The highest BCUT2D eigenvalue weighted by atomic mass is 16.3. The van der Waals surface area contributed by atoms with Crippen LogP contribution < -0.4 is 5.32 Å². The predicted molar refractivity (Wildman–Crippen MR) is 79.4 cm³/mol. The van der Waals surface area contributed by atoms with Gasteiger partial charge in [0.05, 0.1) is 18.1 Å². The van der Waals surface area contributed by atoms with E-state index in [0.29, 0.717) is 6.54 Å². The maximum Gasteiger partial charge on any atom is 0.228 e. The maximum atomic E-state index is 12.1. The van der Waals surface area contributed by atoms with E-state index in [4.69, 9.17) is 0 Å². The van der Waals surface area contributed by atoms with E-state index in [1.54, 1.807) is 0 Å². The second kappa shape index (κ2) is 5.94. The first kappa shape index (κ1) is 15.0. The number of benzene rings is 1. The predicted octanol–water partition coefficient (Wildman–Crippen LogP) is 1.49. The van der Waals surface area contributed by atoms with Crippen LogP contribution in [0.25, 0.3) is 0 Å². The van der Waals surface area contributed by atoms with Crippen molar-refractivity contribution in [2.24, 2.45) is 5.41 Å². The monoisotopic (exact) mass is 276 g/mol. The van der Waals surface area contributed by atoms with E-state index in [1.165, 1.54) is 11.1 Å². The fraction of sp³-hybridized carbons (Fsp3) is 0.562. The van der Waals surface area contributed by atoms with Crippen molar-refractivity contribution in [2.45, 2.75) is 25.8 Å². The van der Waals surface area contributed by atoms with Gasteiger partial charge in [-0.15, -0.1) is 0 Å². The van der Waals surface area contributed by atoms with E-state index >= 15 is 0 Å². The van der Waals surface area contributed by atoms with Crippen LogP contribution in [0, 0.1) is 12.3 Å². The lowest BCUT2D eigenvalue weighted by Crippen LogP contribution is -2.39. The lowest BCUT2D eigenvalue weighted by molar-refractivity contribution is -0.127. The van der Waals surface area contributed by atoms with Crippen LogP contribution in [0.5, 0.6) is 0 Å². The molecule has 4 nitrogen and oxygen atoms in total. The van der Waals surface area contributed by atoms with Crippen molar-refractivity contribution in [3.63, 3.8) is 0 Å². The SMILES string of the molecule is Cc1ccccc1[C@H](CNC(=O)C1(CO)CC1)N(C)C. The minimum Gasteiger partial charge on any atom is -0.395 e. The first-order chi connectivity index (χ1) is 9.50. The second-order valence-electron chi connectivity index (χ2n) is 5.98. The van der Waals surface area contributed by atoms with Gasteiger partial charge in [-0.3, -0.25) is 4.79 Å². The fourth-order valence-corrected chi connectivity index (χ4v) is 2.52. The molecule has 110 valence electrons. The summed E-state index contributed by atoms with van der Waals surface area (Å²) in [6.45, 7) is 2.61. The highest BCUT2D eigenvalue weighted by molar-refractivity contribution is 5.85. The smallest absolute Gasteiger partial charge is 0.228 e. The topological polar surface area (TPSA) is 52.6 Å². The Morgan fingerprint density at radius 2 is 2.05 bits per heavy atom. The summed E-state index contributed by atoms with van der Waals surface area (Å²) in [5, 5.41) is 12.3. The summed E-state index contributed by atoms with van der Waals surface area (Å²) in [4.78, 5) is 14.2. The van der Waals surface area contributed by atoms with Crippen LogP contribution in [0.4, 0.5) is 0 Å². The third kappa shape index (κ3) is 3.02. The van der Waals surface area contributed by atoms with Gasteiger partial charge in [0.15, 0.2) is 0 Å². The van der Waals surface area contributed by atoms with Crippen molar-refractivity contribution in [1.82, 2.24) is 10.2 Å². The summed E-state index contributed by atoms with van der Waals surface area (Å²) in [6, 6.07) is 8.38. The van der Waals surface area contributed by atoms with E-state index in [1.807, 2.05) is 26.2 Å². The molecule has 0 heterocycles. The summed E-state index contributed by atoms with van der Waals surface area (Å²) < 4.78 is 0. The normalized spacial score (nSPS) is 17.9. The van der Waals surface area contributed by atoms with Crippen LogP contribution in [-0.4, -0.2) is 43.2 Å². The minimum atomic E-state index is -0.497. The van der Waals surface area contributed by atoms with Crippen molar-refractivity contribution >= 4 is 5.91 Å². The summed E-state index contributed by atoms with van der Waals surface area (Å²) >= 11 is 0. The lowest BCUT2D eigenvalue weighted by Gasteiger charge is -2.27. The van der Waals surface area contributed by atoms with Gasteiger partial charge in [-0.2, -0.15) is 0 Å². The van der Waals surface area contributed by atoms with Gasteiger partial charge in [-0.25, -0.2) is 0 Å². The molecule has 0 spiro atoms. The van der Waals surface area contributed by atoms with Gasteiger partial charge in [0.1, 0.15) is 0 Å². The Kier molecular flexibility index (Phi) is 4.45. The van der Waals surface area contributed by atoms with Crippen molar-refractivity contribution in [3.8, 4) is 0 Å². The molecule has 1 aliphatic carbocycles. The molecule has 4 heteroatoms. The summed E-state index contributed by atoms with van der Waals surface area (Å²) in [5.74, 6) is -0.0135. The van der Waals surface area contributed by atoms with E-state index in [0.717, 1.165) is 12.8 Å². The van der Waals surface area contributed by atoms with Crippen LogP contribution in [0.3, 0.4) is 0 Å². The Morgan fingerprint density at radius 3 is 2.55 bits per heavy atom. The number of aliphatic hydroxyl groups is 1. The minimum absolute atomic E-state index is 0.0135. The van der Waals surface area contributed by atoms with Crippen molar-refractivity contribution in [2.75, 3.05) is 27.2 Å². The van der Waals surface area contributed by atoms with Gasteiger partial charge >= 0.3 is 0 Å². The maximum absolute atomic E-state index is 12.1. The summed E-state index contributed by atoms with van der Waals surface area (Å²) in [7, 11) is 4.03. The molecule has 0 bridgehead atoms. The Morgan fingerprint density at radius 1 is 1.40 bits per heavy atom. The molecule has 1 aliphatic rings. The number of hydrogen-bond donors (Lipinski definition) is 2. The van der Waals surface area contributed by atoms with Crippen molar-refractivity contribution < 1.29 is 9.90 Å². The molecule has 0 aliphatic heterocycles. The average Bonchev–Trinajstić information content (AvgIpc) is 3.21. The summed E-state index contributed by atoms with van der Waals surface area (Å²) in [6.07, 6.45) is 1.60. The van der Waals surface area contributed by atoms with Gasteiger partial charge in [0.2, 0.25) is 5.91 Å². The molecule has 1 aromatic carbocycles. The van der Waals surface area contributed by atoms with Gasteiger partial charge in [0, 0.05) is 6.54 Å². The standard InChI is InChI=1S/C16H24N2O2/c1-12-6-4-5-7-13(12)14(18(2)3)10-17-15(20)16(11-19)8-9-16/h4-7,14,19H,8-11H2,1-3H3,(H,17,20)/t14-/m0/s1. The molecule has 0 saturated heterocycles. The molecule has 20 heavy (non-hydrogen) atoms. The Labute approximate surface area is 120 Å². The third-order valence-corrected chi connectivity index (χ3v) is 4.26. The fourth-order valence-electron chi connectivity index (χ4n) is 2.52. The van der Waals surface area contributed by atoms with Gasteiger partial charge in [0.25, 0.3) is 0 Å². The number of hydrogen-bond acceptors (Lipinski definition) is 3. The molecule has 1 amide bonds. The number of amides is 1. The van der Waals surface area contributed by atoms with Crippen LogP contribution >= 0.6 is 0 Å². The zero-order valence-electron chi connectivity index (χ0n) is 12.5. The second-order valence-corrected chi connectivity index (χ2v) is 5.98. The number of carbonyl (C=O) groups excluding carboxylic acids is 1. The molecule has 0 radical (unpaired) electrons. The lowest BCUT2D eigenvalue weighted by atomic mass is 10.00. The van der Waals surface area contributed by atoms with E-state index in [-0.39, 0.29) is 18.6 Å². The molecule has 1 saturated carbocycles. The van der Waals surface area contributed by atoms with Gasteiger partial charge in [-0.1, -0.05) is 24.3 Å². The Balaban J connectivity index is 2.04. The number of aryl methyl sites for hydroxylation is 1. The van der Waals surface area contributed by atoms with Crippen LogP contribution in [0.1, 0.15) is 30.0 Å². The molecule has 1 fully saturated rings. The molecule has 0 aromatic heterocycles.